The molecule has 2 amide bonds. The first-order valence-electron chi connectivity index (χ1n) is 8.57. The molecule has 0 fully saturated rings. The Bertz CT molecular complexity index is 1010. The van der Waals surface area contributed by atoms with E-state index in [0.717, 1.165) is 5.39 Å². The van der Waals surface area contributed by atoms with E-state index in [-0.39, 0.29) is 17.9 Å². The molecule has 3 rings (SSSR count). The number of fused-ring (bicyclic) bond motifs is 1. The van der Waals surface area contributed by atoms with E-state index in [0.29, 0.717) is 28.5 Å². The van der Waals surface area contributed by atoms with Crippen LogP contribution in [-0.2, 0) is 11.3 Å². The molecule has 146 valence electrons. The average Bonchev–Trinajstić information content (AvgIpc) is 3.08. The molecular formula is C20H19ClN2O5. The van der Waals surface area contributed by atoms with Crippen molar-refractivity contribution in [3.05, 3.63) is 64.4 Å². The lowest BCUT2D eigenvalue weighted by atomic mass is 10.1. The standard InChI is InChI=1S/C20H19ClN2O5/c1-3-27-11-15-13-6-4-5-7-17(13)28-18(15)20(25)23-22-19(24)14-10-12(21)8-9-16(14)26-2/h4-10H,3,11H2,1-2H3,(H,22,24)(H,23,25). The summed E-state index contributed by atoms with van der Waals surface area (Å²) in [6, 6.07) is 11.9. The zero-order valence-electron chi connectivity index (χ0n) is 15.4. The van der Waals surface area contributed by atoms with Crippen LogP contribution in [0.15, 0.2) is 46.9 Å². The number of rotatable bonds is 6. The van der Waals surface area contributed by atoms with Gasteiger partial charge in [-0.2, -0.15) is 0 Å². The van der Waals surface area contributed by atoms with Crippen LogP contribution in [0.5, 0.6) is 5.75 Å². The van der Waals surface area contributed by atoms with Crippen molar-refractivity contribution in [2.75, 3.05) is 13.7 Å². The number of hydrogen-bond donors (Lipinski definition) is 2. The van der Waals surface area contributed by atoms with Crippen molar-refractivity contribution >= 4 is 34.4 Å². The van der Waals surface area contributed by atoms with Crippen LogP contribution in [0.25, 0.3) is 11.0 Å². The third-order valence-electron chi connectivity index (χ3n) is 4.05. The highest BCUT2D eigenvalue weighted by molar-refractivity contribution is 6.31. The normalized spacial score (nSPS) is 10.7. The quantitative estimate of drug-likeness (QED) is 0.613. The van der Waals surface area contributed by atoms with Crippen LogP contribution in [0.4, 0.5) is 0 Å². The fourth-order valence-corrected chi connectivity index (χ4v) is 2.90. The second kappa shape index (κ2) is 8.77. The van der Waals surface area contributed by atoms with Crippen molar-refractivity contribution in [3.63, 3.8) is 0 Å². The lowest BCUT2D eigenvalue weighted by Gasteiger charge is -2.10. The van der Waals surface area contributed by atoms with Crippen LogP contribution in [0.2, 0.25) is 5.02 Å². The summed E-state index contributed by atoms with van der Waals surface area (Å²) in [7, 11) is 1.44. The Morgan fingerprint density at radius 2 is 1.86 bits per heavy atom. The smallest absolute Gasteiger partial charge is 0.305 e. The molecule has 1 aromatic heterocycles. The molecule has 3 aromatic rings. The van der Waals surface area contributed by atoms with Gasteiger partial charge in [-0.05, 0) is 31.2 Å². The SMILES string of the molecule is CCOCc1c(C(=O)NNC(=O)c2cc(Cl)ccc2OC)oc2ccccc12. The van der Waals surface area contributed by atoms with Gasteiger partial charge in [0.05, 0.1) is 19.3 Å². The first-order chi connectivity index (χ1) is 13.5. The van der Waals surface area contributed by atoms with Gasteiger partial charge >= 0.3 is 5.91 Å². The summed E-state index contributed by atoms with van der Waals surface area (Å²) >= 11 is 5.94. The lowest BCUT2D eigenvalue weighted by Crippen LogP contribution is -2.42. The summed E-state index contributed by atoms with van der Waals surface area (Å²) in [6.45, 7) is 2.57. The molecule has 0 bridgehead atoms. The monoisotopic (exact) mass is 402 g/mol. The Morgan fingerprint density at radius 3 is 2.61 bits per heavy atom. The molecule has 0 spiro atoms. The van der Waals surface area contributed by atoms with E-state index in [1.54, 1.807) is 18.2 Å². The summed E-state index contributed by atoms with van der Waals surface area (Å²) in [4.78, 5) is 25.0. The van der Waals surface area contributed by atoms with Gasteiger partial charge in [-0.3, -0.25) is 20.4 Å². The van der Waals surface area contributed by atoms with Gasteiger partial charge in [-0.25, -0.2) is 0 Å². The van der Waals surface area contributed by atoms with Crippen molar-refractivity contribution in [1.29, 1.82) is 0 Å². The third kappa shape index (κ3) is 4.11. The van der Waals surface area contributed by atoms with Crippen LogP contribution in [0.3, 0.4) is 0 Å². The number of carbonyl (C=O) groups is 2. The predicted molar refractivity (Wildman–Crippen MR) is 104 cm³/mol. The maximum absolute atomic E-state index is 12.6. The summed E-state index contributed by atoms with van der Waals surface area (Å²) < 4.78 is 16.3. The molecule has 7 nitrogen and oxygen atoms in total. The molecule has 0 atom stereocenters. The molecule has 1 heterocycles. The maximum atomic E-state index is 12.6. The minimum absolute atomic E-state index is 0.0769. The summed E-state index contributed by atoms with van der Waals surface area (Å²) in [5.41, 5.74) is 6.07. The number of halogens is 1. The molecule has 28 heavy (non-hydrogen) atoms. The van der Waals surface area contributed by atoms with E-state index in [9.17, 15) is 9.59 Å². The van der Waals surface area contributed by atoms with E-state index in [4.69, 9.17) is 25.5 Å². The van der Waals surface area contributed by atoms with Crippen molar-refractivity contribution in [2.24, 2.45) is 0 Å². The number of carbonyl (C=O) groups excluding carboxylic acids is 2. The minimum atomic E-state index is -0.597. The molecule has 0 aliphatic carbocycles. The number of benzene rings is 2. The van der Waals surface area contributed by atoms with Crippen molar-refractivity contribution < 1.29 is 23.5 Å². The van der Waals surface area contributed by atoms with Gasteiger partial charge in [0.15, 0.2) is 5.76 Å². The van der Waals surface area contributed by atoms with E-state index in [2.05, 4.69) is 10.9 Å². The fourth-order valence-electron chi connectivity index (χ4n) is 2.72. The van der Waals surface area contributed by atoms with Gasteiger partial charge < -0.3 is 13.9 Å². The number of furan rings is 1. The number of ether oxygens (including phenoxy) is 2. The maximum Gasteiger partial charge on any atom is 0.305 e. The van der Waals surface area contributed by atoms with Gasteiger partial charge in [0.1, 0.15) is 11.3 Å². The Balaban J connectivity index is 1.80. The molecule has 0 saturated carbocycles. The van der Waals surface area contributed by atoms with Crippen molar-refractivity contribution in [1.82, 2.24) is 10.9 Å². The fraction of sp³-hybridized carbons (Fsp3) is 0.200. The summed E-state index contributed by atoms with van der Waals surface area (Å²) in [5, 5.41) is 1.15. The summed E-state index contributed by atoms with van der Waals surface area (Å²) in [6.07, 6.45) is 0. The van der Waals surface area contributed by atoms with Gasteiger partial charge in [0, 0.05) is 22.6 Å². The van der Waals surface area contributed by atoms with E-state index < -0.39 is 11.8 Å². The van der Waals surface area contributed by atoms with Crippen molar-refractivity contribution in [2.45, 2.75) is 13.5 Å². The number of amides is 2. The molecular weight excluding hydrogens is 384 g/mol. The number of hydrogen-bond acceptors (Lipinski definition) is 5. The van der Waals surface area contributed by atoms with Gasteiger partial charge in [-0.1, -0.05) is 29.8 Å². The number of hydrazine groups is 1. The predicted octanol–water partition coefficient (Wildman–Crippen LogP) is 3.71. The third-order valence-corrected chi connectivity index (χ3v) is 4.29. The highest BCUT2D eigenvalue weighted by Crippen LogP contribution is 2.27. The second-order valence-electron chi connectivity index (χ2n) is 5.80. The zero-order chi connectivity index (χ0) is 20.1. The molecule has 0 saturated heterocycles. The largest absolute Gasteiger partial charge is 0.496 e. The average molecular weight is 403 g/mol. The van der Waals surface area contributed by atoms with Crippen LogP contribution >= 0.6 is 11.6 Å². The molecule has 8 heteroatoms. The highest BCUT2D eigenvalue weighted by atomic mass is 35.5. The Morgan fingerprint density at radius 1 is 1.11 bits per heavy atom. The zero-order valence-corrected chi connectivity index (χ0v) is 16.1. The van der Waals surface area contributed by atoms with E-state index >= 15 is 0 Å². The van der Waals surface area contributed by atoms with Gasteiger partial charge in [0.25, 0.3) is 5.91 Å². The molecule has 0 aliphatic rings. The van der Waals surface area contributed by atoms with Gasteiger partial charge in [0.2, 0.25) is 0 Å². The Labute approximate surface area is 166 Å². The molecule has 0 radical (unpaired) electrons. The molecule has 2 aromatic carbocycles. The van der Waals surface area contributed by atoms with Crippen LogP contribution in [-0.4, -0.2) is 25.5 Å². The van der Waals surface area contributed by atoms with Crippen LogP contribution in [0, 0.1) is 0 Å². The first-order valence-corrected chi connectivity index (χ1v) is 8.95. The number of para-hydroxylation sites is 1. The number of nitrogens with one attached hydrogen (secondary N) is 2. The molecule has 2 N–H and O–H groups in total. The Hall–Kier alpha value is -3.03. The molecule has 0 aliphatic heterocycles. The van der Waals surface area contributed by atoms with Gasteiger partial charge in [-0.15, -0.1) is 0 Å². The van der Waals surface area contributed by atoms with Crippen LogP contribution < -0.4 is 15.6 Å². The highest BCUT2D eigenvalue weighted by Gasteiger charge is 2.21. The van der Waals surface area contributed by atoms with Crippen LogP contribution in [0.1, 0.15) is 33.4 Å². The Kier molecular flexibility index (Phi) is 6.18. The summed E-state index contributed by atoms with van der Waals surface area (Å²) in [5.74, 6) is -0.764. The topological polar surface area (TPSA) is 89.8 Å². The first kappa shape index (κ1) is 19.7. The van der Waals surface area contributed by atoms with E-state index in [1.807, 2.05) is 25.1 Å². The number of methoxy groups -OCH3 is 1. The minimum Gasteiger partial charge on any atom is -0.496 e. The van der Waals surface area contributed by atoms with Crippen molar-refractivity contribution in [3.8, 4) is 5.75 Å². The molecule has 0 unspecified atom stereocenters. The second-order valence-corrected chi connectivity index (χ2v) is 6.23. The van der Waals surface area contributed by atoms with E-state index in [1.165, 1.54) is 13.2 Å². The lowest BCUT2D eigenvalue weighted by molar-refractivity contribution is 0.0824.